The molecule has 0 rings (SSSR count). The van der Waals surface area contributed by atoms with Gasteiger partial charge < -0.3 is 9.47 Å². The summed E-state index contributed by atoms with van der Waals surface area (Å²) in [6, 6.07) is 0. The maximum Gasteiger partial charge on any atom is 0.413 e. The van der Waals surface area contributed by atoms with Crippen molar-refractivity contribution >= 4 is 25.6 Å². The summed E-state index contributed by atoms with van der Waals surface area (Å²) >= 11 is 0. The van der Waals surface area contributed by atoms with Gasteiger partial charge in [0.1, 0.15) is 0 Å². The summed E-state index contributed by atoms with van der Waals surface area (Å²) in [5.41, 5.74) is 0. The zero-order chi connectivity index (χ0) is 17.5. The van der Waals surface area contributed by atoms with Crippen LogP contribution in [0.1, 0.15) is 19.3 Å². The molecule has 0 aliphatic rings. The van der Waals surface area contributed by atoms with Gasteiger partial charge in [-0.05, 0) is 32.7 Å². The molecule has 0 atom stereocenters. The first kappa shape index (κ1) is 20.4. The fourth-order valence-corrected chi connectivity index (χ4v) is 1.32. The number of nitrogens with zero attached hydrogens (tertiary/aromatic N) is 4. The van der Waals surface area contributed by atoms with Gasteiger partial charge in [0.15, 0.2) is 0 Å². The molecule has 0 aromatic rings. The molecular weight excluding hydrogens is 300 g/mol. The van der Waals surface area contributed by atoms with Crippen molar-refractivity contribution in [1.29, 1.82) is 0 Å². The Hall–Kier alpha value is -2.64. The smallest absolute Gasteiger partial charge is 0.413 e. The SMILES string of the molecule is C=N/C=C\N(C)C(=O)OCCCCCOC(=O)N(C)/C=C\N=C. The van der Waals surface area contributed by atoms with Crippen molar-refractivity contribution in [1.82, 2.24) is 9.80 Å². The molecule has 0 aromatic heterocycles. The Morgan fingerprint density at radius 2 is 1.26 bits per heavy atom. The van der Waals surface area contributed by atoms with Gasteiger partial charge in [-0.2, -0.15) is 0 Å². The number of hydrogen-bond donors (Lipinski definition) is 0. The Morgan fingerprint density at radius 1 is 0.870 bits per heavy atom. The molecule has 0 fully saturated rings. The van der Waals surface area contributed by atoms with Crippen LogP contribution in [0.2, 0.25) is 0 Å². The summed E-state index contributed by atoms with van der Waals surface area (Å²) in [5, 5.41) is 0. The van der Waals surface area contributed by atoms with Crippen LogP contribution in [-0.4, -0.2) is 62.7 Å². The largest absolute Gasteiger partial charge is 0.449 e. The summed E-state index contributed by atoms with van der Waals surface area (Å²) in [6.45, 7) is 7.15. The lowest BCUT2D eigenvalue weighted by atomic mass is 10.2. The molecule has 0 aliphatic carbocycles. The van der Waals surface area contributed by atoms with Crippen LogP contribution in [0, 0.1) is 0 Å². The van der Waals surface area contributed by atoms with Gasteiger partial charge in [-0.1, -0.05) is 0 Å². The van der Waals surface area contributed by atoms with Gasteiger partial charge >= 0.3 is 12.2 Å². The average molecular weight is 324 g/mol. The molecule has 0 saturated carbocycles. The molecule has 0 heterocycles. The zero-order valence-corrected chi connectivity index (χ0v) is 13.7. The predicted molar refractivity (Wildman–Crippen MR) is 89.5 cm³/mol. The van der Waals surface area contributed by atoms with Gasteiger partial charge in [0.25, 0.3) is 0 Å². The van der Waals surface area contributed by atoms with Crippen LogP contribution in [0.15, 0.2) is 34.8 Å². The molecular formula is C15H24N4O4. The molecule has 0 aromatic carbocycles. The van der Waals surface area contributed by atoms with E-state index < -0.39 is 12.2 Å². The van der Waals surface area contributed by atoms with E-state index >= 15 is 0 Å². The molecule has 0 radical (unpaired) electrons. The van der Waals surface area contributed by atoms with Gasteiger partial charge in [-0.25, -0.2) is 9.59 Å². The molecule has 8 nitrogen and oxygen atoms in total. The van der Waals surface area contributed by atoms with Crippen molar-refractivity contribution in [2.24, 2.45) is 9.98 Å². The molecule has 23 heavy (non-hydrogen) atoms. The number of carbonyl (C=O) groups is 2. The fraction of sp³-hybridized carbons (Fsp3) is 0.467. The number of amides is 2. The summed E-state index contributed by atoms with van der Waals surface area (Å²) < 4.78 is 10.1. The van der Waals surface area contributed by atoms with E-state index in [1.54, 1.807) is 14.1 Å². The van der Waals surface area contributed by atoms with E-state index in [-0.39, 0.29) is 0 Å². The van der Waals surface area contributed by atoms with Crippen molar-refractivity contribution < 1.29 is 19.1 Å². The number of unbranched alkanes of at least 4 members (excludes halogenated alkanes) is 2. The average Bonchev–Trinajstić information content (AvgIpc) is 2.55. The zero-order valence-electron chi connectivity index (χ0n) is 13.7. The molecule has 0 spiro atoms. The molecule has 128 valence electrons. The highest BCUT2D eigenvalue weighted by Gasteiger charge is 2.07. The third-order valence-electron chi connectivity index (χ3n) is 2.61. The number of hydrogen-bond acceptors (Lipinski definition) is 6. The first-order chi connectivity index (χ1) is 11.0. The highest BCUT2D eigenvalue weighted by atomic mass is 16.6. The van der Waals surface area contributed by atoms with Crippen LogP contribution in [0.5, 0.6) is 0 Å². The molecule has 8 heteroatoms. The molecule has 0 saturated heterocycles. The van der Waals surface area contributed by atoms with Gasteiger partial charge in [-0.15, -0.1) is 0 Å². The van der Waals surface area contributed by atoms with Crippen molar-refractivity contribution in [3.05, 3.63) is 24.8 Å². The van der Waals surface area contributed by atoms with Gasteiger partial charge in [-0.3, -0.25) is 19.8 Å². The van der Waals surface area contributed by atoms with E-state index in [2.05, 4.69) is 23.4 Å². The Kier molecular flexibility index (Phi) is 11.6. The van der Waals surface area contributed by atoms with Crippen LogP contribution in [-0.2, 0) is 9.47 Å². The highest BCUT2D eigenvalue weighted by Crippen LogP contribution is 2.01. The second kappa shape index (κ2) is 13.1. The topological polar surface area (TPSA) is 83.8 Å². The second-order valence-electron chi connectivity index (χ2n) is 4.47. The second-order valence-corrected chi connectivity index (χ2v) is 4.47. The van der Waals surface area contributed by atoms with E-state index in [4.69, 9.17) is 9.47 Å². The lowest BCUT2D eigenvalue weighted by Crippen LogP contribution is -2.23. The minimum absolute atomic E-state index is 0.306. The van der Waals surface area contributed by atoms with Crippen molar-refractivity contribution in [2.45, 2.75) is 19.3 Å². The minimum Gasteiger partial charge on any atom is -0.449 e. The van der Waals surface area contributed by atoms with Crippen LogP contribution >= 0.6 is 0 Å². The Labute approximate surface area is 136 Å². The van der Waals surface area contributed by atoms with Crippen molar-refractivity contribution in [3.63, 3.8) is 0 Å². The third-order valence-corrected chi connectivity index (χ3v) is 2.61. The summed E-state index contributed by atoms with van der Waals surface area (Å²) in [6.07, 6.45) is 6.96. The Morgan fingerprint density at radius 3 is 1.61 bits per heavy atom. The quantitative estimate of drug-likeness (QED) is 0.457. The normalized spacial score (nSPS) is 10.5. The number of carbonyl (C=O) groups excluding carboxylic acids is 2. The molecule has 0 N–H and O–H groups in total. The van der Waals surface area contributed by atoms with Crippen LogP contribution in [0.3, 0.4) is 0 Å². The molecule has 0 bridgehead atoms. The lowest BCUT2D eigenvalue weighted by Gasteiger charge is -2.13. The van der Waals surface area contributed by atoms with Crippen molar-refractivity contribution in [3.8, 4) is 0 Å². The Balaban J connectivity index is 3.66. The van der Waals surface area contributed by atoms with E-state index in [0.717, 1.165) is 6.42 Å². The van der Waals surface area contributed by atoms with Gasteiger partial charge in [0, 0.05) is 38.9 Å². The standard InChI is InChI=1S/C15H24N4O4/c1-16-8-10-18(3)14(20)22-12-6-5-7-13-23-15(21)19(4)11-9-17-2/h8-11H,1-2,5-7,12-13H2,3-4H3/b10-8-,11-9-. The summed E-state index contributed by atoms with van der Waals surface area (Å²) in [4.78, 5) is 32.5. The highest BCUT2D eigenvalue weighted by molar-refractivity contribution is 5.68. The maximum absolute atomic E-state index is 11.5. The lowest BCUT2D eigenvalue weighted by molar-refractivity contribution is 0.115. The van der Waals surface area contributed by atoms with Crippen LogP contribution in [0.4, 0.5) is 9.59 Å². The van der Waals surface area contributed by atoms with E-state index in [0.29, 0.717) is 26.1 Å². The molecule has 0 unspecified atom stereocenters. The first-order valence-corrected chi connectivity index (χ1v) is 7.07. The Bertz CT molecular complexity index is 409. The first-order valence-electron chi connectivity index (χ1n) is 7.07. The molecule has 0 aliphatic heterocycles. The summed E-state index contributed by atoms with van der Waals surface area (Å²) in [7, 11) is 3.13. The summed E-state index contributed by atoms with van der Waals surface area (Å²) in [5.74, 6) is 0. The van der Waals surface area contributed by atoms with E-state index in [1.165, 1.54) is 34.6 Å². The molecule has 2 amide bonds. The monoisotopic (exact) mass is 324 g/mol. The van der Waals surface area contributed by atoms with E-state index in [1.807, 2.05) is 0 Å². The van der Waals surface area contributed by atoms with E-state index in [9.17, 15) is 9.59 Å². The predicted octanol–water partition coefficient (Wildman–Crippen LogP) is 2.64. The number of aliphatic imine (C=N–C) groups is 2. The number of rotatable bonds is 10. The van der Waals surface area contributed by atoms with Gasteiger partial charge in [0.2, 0.25) is 0 Å². The minimum atomic E-state index is -0.458. The van der Waals surface area contributed by atoms with Crippen molar-refractivity contribution in [2.75, 3.05) is 27.3 Å². The van der Waals surface area contributed by atoms with Gasteiger partial charge in [0.05, 0.1) is 13.2 Å². The number of ether oxygens (including phenoxy) is 2. The maximum atomic E-state index is 11.5. The van der Waals surface area contributed by atoms with Crippen LogP contribution < -0.4 is 0 Å². The van der Waals surface area contributed by atoms with Crippen LogP contribution in [0.25, 0.3) is 0 Å². The third kappa shape index (κ3) is 10.7. The fourth-order valence-electron chi connectivity index (χ4n) is 1.32.